The lowest BCUT2D eigenvalue weighted by Crippen LogP contribution is -2.32. The Morgan fingerprint density at radius 1 is 0.786 bits per heavy atom. The highest BCUT2D eigenvalue weighted by molar-refractivity contribution is 5.80. The van der Waals surface area contributed by atoms with Crippen LogP contribution in [0.3, 0.4) is 0 Å². The fourth-order valence-electron chi connectivity index (χ4n) is 3.79. The van der Waals surface area contributed by atoms with Crippen LogP contribution in [0.25, 0.3) is 0 Å². The Morgan fingerprint density at radius 3 is 1.61 bits per heavy atom. The van der Waals surface area contributed by atoms with Crippen molar-refractivity contribution in [2.24, 2.45) is 5.16 Å². The molecule has 0 radical (unpaired) electrons. The van der Waals surface area contributed by atoms with E-state index in [4.69, 9.17) is 5.21 Å². The zero-order valence-electron chi connectivity index (χ0n) is 15.0. The van der Waals surface area contributed by atoms with Crippen LogP contribution in [0.5, 0.6) is 0 Å². The second kappa shape index (κ2) is 7.48. The number of aromatic amines is 1. The number of nitrogens with one attached hydrogen (secondary N) is 1. The molecule has 0 amide bonds. The largest absolute Gasteiger partial charge is 0.411 e. The summed E-state index contributed by atoms with van der Waals surface area (Å²) in [6.45, 7) is 0. The highest BCUT2D eigenvalue weighted by Gasteiger charge is 2.41. The number of benzene rings is 3. The molecule has 0 aliphatic carbocycles. The maximum Gasteiger partial charge on any atom is 0.287 e. The van der Waals surface area contributed by atoms with Gasteiger partial charge in [-0.1, -0.05) is 96.2 Å². The fraction of sp³-hybridized carbons (Fsp3) is 0.0435. The van der Waals surface area contributed by atoms with Gasteiger partial charge in [-0.2, -0.15) is 4.39 Å². The first-order valence-electron chi connectivity index (χ1n) is 8.87. The predicted octanol–water partition coefficient (Wildman–Crippen LogP) is 4.74. The van der Waals surface area contributed by atoms with E-state index in [9.17, 15) is 4.39 Å². The molecule has 0 aliphatic heterocycles. The van der Waals surface area contributed by atoms with Gasteiger partial charge in [0.25, 0.3) is 6.08 Å². The topological polar surface area (TPSA) is 61.3 Å². The third kappa shape index (κ3) is 2.87. The van der Waals surface area contributed by atoms with Crippen LogP contribution in [0, 0.1) is 6.08 Å². The summed E-state index contributed by atoms with van der Waals surface area (Å²) in [5.74, 6) is 0. The average molecular weight is 371 g/mol. The minimum Gasteiger partial charge on any atom is -0.411 e. The van der Waals surface area contributed by atoms with E-state index in [1.54, 1.807) is 0 Å². The molecule has 4 rings (SSSR count). The summed E-state index contributed by atoms with van der Waals surface area (Å²) in [4.78, 5) is 6.70. The van der Waals surface area contributed by atoms with E-state index in [1.165, 1.54) is 0 Å². The zero-order valence-corrected chi connectivity index (χ0v) is 15.0. The molecule has 0 saturated heterocycles. The molecule has 0 saturated carbocycles. The molecule has 3 aromatic carbocycles. The van der Waals surface area contributed by atoms with Crippen molar-refractivity contribution in [2.45, 2.75) is 5.41 Å². The Kier molecular flexibility index (Phi) is 4.72. The number of nitrogens with zero attached hydrogens (tertiary/aromatic N) is 2. The number of aromatic nitrogens is 2. The fourth-order valence-corrected chi connectivity index (χ4v) is 3.79. The second-order valence-electron chi connectivity index (χ2n) is 6.38. The number of imidazole rings is 1. The van der Waals surface area contributed by atoms with E-state index in [0.29, 0.717) is 5.69 Å². The first-order chi connectivity index (χ1) is 13.8. The van der Waals surface area contributed by atoms with E-state index in [0.717, 1.165) is 22.9 Å². The van der Waals surface area contributed by atoms with Crippen LogP contribution in [0.1, 0.15) is 28.1 Å². The van der Waals surface area contributed by atoms with E-state index >= 15 is 0 Å². The quantitative estimate of drug-likeness (QED) is 0.230. The van der Waals surface area contributed by atoms with E-state index < -0.39 is 11.5 Å². The predicted molar refractivity (Wildman–Crippen MR) is 106 cm³/mol. The third-order valence-electron chi connectivity index (χ3n) is 4.88. The van der Waals surface area contributed by atoms with Gasteiger partial charge in [0, 0.05) is 0 Å². The smallest absolute Gasteiger partial charge is 0.287 e. The molecule has 4 nitrogen and oxygen atoms in total. The second-order valence-corrected chi connectivity index (χ2v) is 6.38. The monoisotopic (exact) mass is 371 g/mol. The lowest BCUT2D eigenvalue weighted by Gasteiger charge is -2.35. The summed E-state index contributed by atoms with van der Waals surface area (Å²) in [5, 5.41) is 12.2. The van der Waals surface area contributed by atoms with Crippen LogP contribution < -0.4 is 0 Å². The molecule has 1 heterocycles. The highest BCUT2D eigenvalue weighted by atomic mass is 19.1. The van der Waals surface area contributed by atoms with Gasteiger partial charge in [0.15, 0.2) is 0 Å². The van der Waals surface area contributed by atoms with Crippen molar-refractivity contribution in [3.05, 3.63) is 125 Å². The first kappa shape index (κ1) is 17.7. The van der Waals surface area contributed by atoms with Crippen LogP contribution >= 0.6 is 0 Å². The Labute approximate surface area is 162 Å². The Bertz CT molecular complexity index is 980. The third-order valence-corrected chi connectivity index (χ3v) is 4.88. The molecule has 0 bridgehead atoms. The van der Waals surface area contributed by atoms with Crippen molar-refractivity contribution in [3.8, 4) is 0 Å². The number of halogens is 1. The maximum absolute atomic E-state index is 14.3. The molecule has 4 aromatic rings. The van der Waals surface area contributed by atoms with Gasteiger partial charge in [0.2, 0.25) is 0 Å². The van der Waals surface area contributed by atoms with Crippen LogP contribution in [-0.4, -0.2) is 21.4 Å². The average Bonchev–Trinajstić information content (AvgIpc) is 3.12. The molecule has 0 spiro atoms. The minimum atomic E-state index is -0.877. The van der Waals surface area contributed by atoms with E-state index in [1.807, 2.05) is 91.0 Å². The minimum absolute atomic E-state index is 0.233. The van der Waals surface area contributed by atoms with Gasteiger partial charge in [0.1, 0.15) is 5.69 Å². The lowest BCUT2D eigenvalue weighted by molar-refractivity contribution is 0.321. The van der Waals surface area contributed by atoms with E-state index in [-0.39, 0.29) is 5.69 Å². The van der Waals surface area contributed by atoms with Crippen molar-refractivity contribution in [2.75, 3.05) is 0 Å². The summed E-state index contributed by atoms with van der Waals surface area (Å²) < 4.78 is 14.3. The van der Waals surface area contributed by atoms with E-state index in [2.05, 4.69) is 15.1 Å². The van der Waals surface area contributed by atoms with Crippen molar-refractivity contribution in [1.29, 1.82) is 0 Å². The van der Waals surface area contributed by atoms with Crippen LogP contribution in [-0.2, 0) is 5.41 Å². The van der Waals surface area contributed by atoms with Crippen LogP contribution in [0.2, 0.25) is 0 Å². The van der Waals surface area contributed by atoms with Gasteiger partial charge in [-0.05, 0) is 16.7 Å². The first-order valence-corrected chi connectivity index (χ1v) is 8.87. The SMILES string of the molecule is ON=Cc1nc(F)[nH]c1C(c1ccccc1)(c1ccccc1)c1ccccc1. The van der Waals surface area contributed by atoms with Crippen molar-refractivity contribution >= 4 is 6.21 Å². The van der Waals surface area contributed by atoms with Gasteiger partial charge >= 0.3 is 0 Å². The number of hydrogen-bond acceptors (Lipinski definition) is 3. The van der Waals surface area contributed by atoms with Crippen molar-refractivity contribution in [1.82, 2.24) is 9.97 Å². The molecule has 1 aromatic heterocycles. The number of rotatable bonds is 5. The Morgan fingerprint density at radius 2 is 1.21 bits per heavy atom. The van der Waals surface area contributed by atoms with Gasteiger partial charge in [-0.3, -0.25) is 0 Å². The summed E-state index contributed by atoms with van der Waals surface area (Å²) >= 11 is 0. The molecule has 138 valence electrons. The van der Waals surface area contributed by atoms with Crippen molar-refractivity contribution in [3.63, 3.8) is 0 Å². The molecule has 2 N–H and O–H groups in total. The Balaban J connectivity index is 2.17. The highest BCUT2D eigenvalue weighted by Crippen LogP contribution is 2.45. The molecule has 0 aliphatic rings. The number of hydrogen-bond donors (Lipinski definition) is 2. The molecular formula is C23H18FN3O. The maximum atomic E-state index is 14.3. The summed E-state index contributed by atoms with van der Waals surface area (Å²) in [5.41, 5.74) is 2.65. The summed E-state index contributed by atoms with van der Waals surface area (Å²) in [7, 11) is 0. The zero-order chi connectivity index (χ0) is 19.4. The van der Waals surface area contributed by atoms with Gasteiger partial charge in [0.05, 0.1) is 17.3 Å². The molecule has 28 heavy (non-hydrogen) atoms. The number of H-pyrrole nitrogens is 1. The molecule has 0 unspecified atom stereocenters. The molecule has 5 heteroatoms. The van der Waals surface area contributed by atoms with Crippen molar-refractivity contribution < 1.29 is 9.60 Å². The summed E-state index contributed by atoms with van der Waals surface area (Å²) in [6, 6.07) is 29.5. The number of oxime groups is 1. The molecule has 0 atom stereocenters. The van der Waals surface area contributed by atoms with Gasteiger partial charge < -0.3 is 10.2 Å². The normalized spacial score (nSPS) is 11.8. The standard InChI is InChI=1S/C23H18FN3O/c24-22-26-20(16-25-28)21(27-22)23(17-10-4-1-5-11-17,18-12-6-2-7-13-18)19-14-8-3-9-15-19/h1-16,28H,(H,26,27). The van der Waals surface area contributed by atoms with Crippen LogP contribution in [0.4, 0.5) is 4.39 Å². The molecule has 0 fully saturated rings. The van der Waals surface area contributed by atoms with Crippen LogP contribution in [0.15, 0.2) is 96.2 Å². The summed E-state index contributed by atoms with van der Waals surface area (Å²) in [6.07, 6.45) is 0.412. The van der Waals surface area contributed by atoms with Gasteiger partial charge in [-0.15, -0.1) is 0 Å². The Hall–Kier alpha value is -3.73. The molecular weight excluding hydrogens is 353 g/mol. The van der Waals surface area contributed by atoms with Gasteiger partial charge in [-0.25, -0.2) is 4.98 Å². The lowest BCUT2D eigenvalue weighted by atomic mass is 9.67.